The van der Waals surface area contributed by atoms with Crippen LogP contribution in [-0.2, 0) is 11.5 Å². The molecule has 2 aromatic heterocycles. The van der Waals surface area contributed by atoms with Crippen LogP contribution in [-0.4, -0.2) is 35.4 Å². The van der Waals surface area contributed by atoms with Crippen LogP contribution in [0.3, 0.4) is 0 Å². The van der Waals surface area contributed by atoms with Crippen LogP contribution in [0.1, 0.15) is 38.2 Å². The lowest BCUT2D eigenvalue weighted by atomic mass is 10.1. The molecule has 8 nitrogen and oxygen atoms in total. The van der Waals surface area contributed by atoms with Gasteiger partial charge in [0.2, 0.25) is 0 Å². The van der Waals surface area contributed by atoms with Gasteiger partial charge in [0, 0.05) is 11.1 Å². The van der Waals surface area contributed by atoms with Gasteiger partial charge < -0.3 is 19.5 Å². The Bertz CT molecular complexity index is 1040. The van der Waals surface area contributed by atoms with Crippen molar-refractivity contribution in [1.82, 2.24) is 9.78 Å². The van der Waals surface area contributed by atoms with E-state index in [0.29, 0.717) is 16.3 Å². The summed E-state index contributed by atoms with van der Waals surface area (Å²) in [6, 6.07) is 8.75. The lowest BCUT2D eigenvalue weighted by molar-refractivity contribution is 0.0527. The minimum atomic E-state index is -0.451. The summed E-state index contributed by atoms with van der Waals surface area (Å²) in [4.78, 5) is 25.8. The lowest BCUT2D eigenvalue weighted by Crippen LogP contribution is -2.16. The molecule has 0 saturated heterocycles. The number of amides is 1. The van der Waals surface area contributed by atoms with Crippen LogP contribution < -0.4 is 14.8 Å². The second-order valence-corrected chi connectivity index (χ2v) is 7.58. The van der Waals surface area contributed by atoms with Crippen molar-refractivity contribution in [3.05, 3.63) is 58.2 Å². The number of benzene rings is 1. The number of rotatable bonds is 8. The third kappa shape index (κ3) is 4.80. The lowest BCUT2D eigenvalue weighted by Gasteiger charge is -2.07. The maximum Gasteiger partial charge on any atom is 0.341 e. The van der Waals surface area contributed by atoms with Gasteiger partial charge in [0.15, 0.2) is 12.4 Å². The van der Waals surface area contributed by atoms with Crippen LogP contribution >= 0.6 is 11.3 Å². The summed E-state index contributed by atoms with van der Waals surface area (Å²) < 4.78 is 17.4. The maximum atomic E-state index is 12.6. The highest BCUT2D eigenvalue weighted by Gasteiger charge is 2.23. The summed E-state index contributed by atoms with van der Waals surface area (Å²) in [6.07, 6.45) is 1.65. The number of nitrogens with one attached hydrogen (secondary N) is 1. The molecular weight excluding hydrogens is 406 g/mol. The fraction of sp³-hybridized carbons (Fsp3) is 0.286. The monoisotopic (exact) mass is 429 g/mol. The number of nitrogens with zero attached hydrogens (tertiary/aromatic N) is 2. The highest BCUT2D eigenvalue weighted by atomic mass is 32.1. The molecule has 0 fully saturated rings. The Kier molecular flexibility index (Phi) is 6.73. The minimum absolute atomic E-state index is 0.144. The normalized spacial score (nSPS) is 10.5. The summed E-state index contributed by atoms with van der Waals surface area (Å²) in [6.45, 7) is 5.87. The average molecular weight is 429 g/mol. The second-order valence-electron chi connectivity index (χ2n) is 6.35. The molecule has 0 spiro atoms. The topological polar surface area (TPSA) is 91.7 Å². The predicted molar refractivity (Wildman–Crippen MR) is 114 cm³/mol. The van der Waals surface area contributed by atoms with Gasteiger partial charge in [-0.05, 0) is 56.7 Å². The van der Waals surface area contributed by atoms with Crippen LogP contribution in [0.4, 0.5) is 5.00 Å². The van der Waals surface area contributed by atoms with Gasteiger partial charge in [-0.2, -0.15) is 5.10 Å². The summed E-state index contributed by atoms with van der Waals surface area (Å²) >= 11 is 1.33. The van der Waals surface area contributed by atoms with Crippen molar-refractivity contribution in [1.29, 1.82) is 0 Å². The Morgan fingerprint density at radius 3 is 2.50 bits per heavy atom. The number of anilines is 1. The Morgan fingerprint density at radius 2 is 1.83 bits per heavy atom. The van der Waals surface area contributed by atoms with Gasteiger partial charge in [-0.1, -0.05) is 0 Å². The van der Waals surface area contributed by atoms with Crippen LogP contribution in [0.5, 0.6) is 11.5 Å². The zero-order valence-corrected chi connectivity index (χ0v) is 18.0. The Hall–Kier alpha value is -3.33. The smallest absolute Gasteiger partial charge is 0.341 e. The van der Waals surface area contributed by atoms with Crippen LogP contribution in [0.25, 0.3) is 0 Å². The first-order valence-corrected chi connectivity index (χ1v) is 10.1. The third-order valence-electron chi connectivity index (χ3n) is 4.39. The Morgan fingerprint density at radius 1 is 1.13 bits per heavy atom. The van der Waals surface area contributed by atoms with E-state index in [4.69, 9.17) is 14.2 Å². The van der Waals surface area contributed by atoms with Crippen molar-refractivity contribution in [2.45, 2.75) is 27.5 Å². The van der Waals surface area contributed by atoms with Gasteiger partial charge in [-0.25, -0.2) is 9.48 Å². The summed E-state index contributed by atoms with van der Waals surface area (Å²) in [5.74, 6) is 0.528. The van der Waals surface area contributed by atoms with E-state index in [1.165, 1.54) is 16.0 Å². The van der Waals surface area contributed by atoms with E-state index >= 15 is 0 Å². The first-order valence-electron chi connectivity index (χ1n) is 9.31. The van der Waals surface area contributed by atoms with Gasteiger partial charge >= 0.3 is 5.97 Å². The molecule has 1 amide bonds. The highest BCUT2D eigenvalue weighted by molar-refractivity contribution is 7.16. The first kappa shape index (κ1) is 21.4. The van der Waals surface area contributed by atoms with Crippen molar-refractivity contribution in [3.63, 3.8) is 0 Å². The van der Waals surface area contributed by atoms with Crippen molar-refractivity contribution >= 4 is 28.2 Å². The van der Waals surface area contributed by atoms with E-state index in [1.54, 1.807) is 50.6 Å². The third-order valence-corrected chi connectivity index (χ3v) is 5.51. The standard InChI is InChI=1S/C21H23N3O5S/c1-5-28-21(26)18-13(2)14(3)30-20(18)22-19(25)17-10-11-24(23-17)12-29-16-8-6-15(27-4)7-9-16/h6-11H,5,12H2,1-4H3,(H,22,25). The number of aromatic nitrogens is 2. The molecule has 0 saturated carbocycles. The zero-order chi connectivity index (χ0) is 21.7. The molecular formula is C21H23N3O5S. The quantitative estimate of drug-likeness (QED) is 0.544. The summed E-state index contributed by atoms with van der Waals surface area (Å²) in [7, 11) is 1.60. The molecule has 0 aliphatic carbocycles. The molecule has 1 aromatic carbocycles. The number of ether oxygens (including phenoxy) is 3. The van der Waals surface area contributed by atoms with Gasteiger partial charge in [-0.3, -0.25) is 4.79 Å². The van der Waals surface area contributed by atoms with Gasteiger partial charge in [0.25, 0.3) is 5.91 Å². The molecule has 0 aliphatic rings. The number of methoxy groups -OCH3 is 1. The van der Waals surface area contributed by atoms with Crippen LogP contribution in [0, 0.1) is 13.8 Å². The van der Waals surface area contributed by atoms with E-state index in [0.717, 1.165) is 16.2 Å². The molecule has 3 aromatic rings. The fourth-order valence-corrected chi connectivity index (χ4v) is 3.74. The number of carbonyl (C=O) groups excluding carboxylic acids is 2. The average Bonchev–Trinajstić information content (AvgIpc) is 3.32. The molecule has 0 unspecified atom stereocenters. The molecule has 0 aliphatic heterocycles. The molecule has 30 heavy (non-hydrogen) atoms. The molecule has 1 N–H and O–H groups in total. The molecule has 158 valence electrons. The minimum Gasteiger partial charge on any atom is -0.497 e. The van der Waals surface area contributed by atoms with Gasteiger partial charge in [-0.15, -0.1) is 11.3 Å². The highest BCUT2D eigenvalue weighted by Crippen LogP contribution is 2.33. The van der Waals surface area contributed by atoms with E-state index < -0.39 is 11.9 Å². The van der Waals surface area contributed by atoms with Gasteiger partial charge in [0.05, 0.1) is 19.3 Å². The number of thiophene rings is 1. The van der Waals surface area contributed by atoms with E-state index in [9.17, 15) is 9.59 Å². The molecule has 3 rings (SSSR count). The fourth-order valence-electron chi connectivity index (χ4n) is 2.70. The van der Waals surface area contributed by atoms with Crippen molar-refractivity contribution in [2.24, 2.45) is 0 Å². The number of aryl methyl sites for hydroxylation is 1. The van der Waals surface area contributed by atoms with Crippen LogP contribution in [0.2, 0.25) is 0 Å². The molecule has 2 heterocycles. The molecule has 0 radical (unpaired) electrons. The predicted octanol–water partition coefficient (Wildman–Crippen LogP) is 4.04. The van der Waals surface area contributed by atoms with Gasteiger partial charge in [0.1, 0.15) is 16.5 Å². The summed E-state index contributed by atoms with van der Waals surface area (Å²) in [5.41, 5.74) is 1.40. The molecule has 0 atom stereocenters. The van der Waals surface area contributed by atoms with E-state index in [-0.39, 0.29) is 19.0 Å². The van der Waals surface area contributed by atoms with E-state index in [2.05, 4.69) is 10.4 Å². The number of esters is 1. The second kappa shape index (κ2) is 9.45. The number of carbonyl (C=O) groups is 2. The Balaban J connectivity index is 1.66. The number of hydrogen-bond donors (Lipinski definition) is 1. The van der Waals surface area contributed by atoms with Crippen LogP contribution in [0.15, 0.2) is 36.5 Å². The largest absolute Gasteiger partial charge is 0.497 e. The Labute approximate surface area is 178 Å². The van der Waals surface area contributed by atoms with Crippen molar-refractivity contribution in [3.8, 4) is 11.5 Å². The number of hydrogen-bond acceptors (Lipinski definition) is 7. The zero-order valence-electron chi connectivity index (χ0n) is 17.2. The first-order chi connectivity index (χ1) is 14.4. The summed E-state index contributed by atoms with van der Waals surface area (Å²) in [5, 5.41) is 7.47. The molecule has 0 bridgehead atoms. The van der Waals surface area contributed by atoms with E-state index in [1.807, 2.05) is 13.8 Å². The van der Waals surface area contributed by atoms with Crippen molar-refractivity contribution in [2.75, 3.05) is 19.0 Å². The van der Waals surface area contributed by atoms with Crippen molar-refractivity contribution < 1.29 is 23.8 Å². The SMILES string of the molecule is CCOC(=O)c1c(NC(=O)c2ccn(COc3ccc(OC)cc3)n2)sc(C)c1C. The maximum absolute atomic E-state index is 12.6. The molecule has 9 heteroatoms.